The fourth-order valence-corrected chi connectivity index (χ4v) is 4.34. The largest absolute Gasteiger partial charge is 0.382 e. The summed E-state index contributed by atoms with van der Waals surface area (Å²) in [6.45, 7) is 0. The summed E-state index contributed by atoms with van der Waals surface area (Å²) < 4.78 is 24.5. The van der Waals surface area contributed by atoms with E-state index >= 15 is 0 Å². The zero-order chi connectivity index (χ0) is 11.3. The van der Waals surface area contributed by atoms with Crippen LogP contribution in [0.3, 0.4) is 0 Å². The molecule has 0 saturated carbocycles. The minimum atomic E-state index is -3.15. The Morgan fingerprint density at radius 3 is 2.67 bits per heavy atom. The number of hydrogen-bond acceptors (Lipinski definition) is 5. The van der Waals surface area contributed by atoms with Crippen molar-refractivity contribution in [2.24, 2.45) is 7.05 Å². The van der Waals surface area contributed by atoms with E-state index in [9.17, 15) is 13.5 Å². The Morgan fingerprint density at radius 1 is 1.60 bits per heavy atom. The normalized spacial score (nSPS) is 29.5. The van der Waals surface area contributed by atoms with Crippen molar-refractivity contribution in [2.45, 2.75) is 12.0 Å². The van der Waals surface area contributed by atoms with Gasteiger partial charge in [0.25, 0.3) is 0 Å². The molecular formula is C7H10BrN3O3S. The number of nitrogens with zero attached hydrogens (tertiary/aromatic N) is 3. The standard InChI is InChI=1S/C7H10BrN3O3S/c1-11-5(6(8)9-10-11)7(12)2-3-15(13,14)4-7/h12H,2-4H2,1H3. The fraction of sp³-hybridized carbons (Fsp3) is 0.714. The topological polar surface area (TPSA) is 85.1 Å². The molecule has 0 spiro atoms. The van der Waals surface area contributed by atoms with Crippen LogP contribution < -0.4 is 0 Å². The van der Waals surface area contributed by atoms with E-state index in [0.29, 0.717) is 10.3 Å². The van der Waals surface area contributed by atoms with Crippen LogP contribution in [0.5, 0.6) is 0 Å². The number of aromatic nitrogens is 3. The van der Waals surface area contributed by atoms with Crippen LogP contribution in [0.2, 0.25) is 0 Å². The predicted octanol–water partition coefficient (Wildman–Crippen LogP) is -0.416. The van der Waals surface area contributed by atoms with Gasteiger partial charge < -0.3 is 5.11 Å². The molecule has 2 rings (SSSR count). The molecule has 1 unspecified atom stereocenters. The molecule has 1 atom stereocenters. The number of sulfone groups is 1. The molecule has 0 aromatic carbocycles. The Morgan fingerprint density at radius 2 is 2.27 bits per heavy atom. The first-order valence-corrected chi connectivity index (χ1v) is 6.94. The molecule has 15 heavy (non-hydrogen) atoms. The van der Waals surface area contributed by atoms with Crippen LogP contribution in [0.1, 0.15) is 12.1 Å². The van der Waals surface area contributed by atoms with Crippen LogP contribution >= 0.6 is 15.9 Å². The fourth-order valence-electron chi connectivity index (χ4n) is 1.84. The van der Waals surface area contributed by atoms with E-state index in [1.54, 1.807) is 7.05 Å². The van der Waals surface area contributed by atoms with Gasteiger partial charge in [-0.2, -0.15) is 0 Å². The minimum absolute atomic E-state index is 0.00111. The molecule has 0 amide bonds. The van der Waals surface area contributed by atoms with Crippen molar-refractivity contribution in [3.8, 4) is 0 Å². The van der Waals surface area contributed by atoms with E-state index in [-0.39, 0.29) is 17.9 Å². The van der Waals surface area contributed by atoms with Gasteiger partial charge in [0, 0.05) is 7.05 Å². The first-order chi connectivity index (χ1) is 6.84. The van der Waals surface area contributed by atoms with Gasteiger partial charge in [-0.25, -0.2) is 13.1 Å². The molecule has 0 aliphatic carbocycles. The van der Waals surface area contributed by atoms with Crippen molar-refractivity contribution in [3.05, 3.63) is 10.3 Å². The van der Waals surface area contributed by atoms with Gasteiger partial charge in [-0.3, -0.25) is 0 Å². The SMILES string of the molecule is Cn1nnc(Br)c1C1(O)CCS(=O)(=O)C1. The van der Waals surface area contributed by atoms with Gasteiger partial charge >= 0.3 is 0 Å². The molecule has 1 aromatic rings. The van der Waals surface area contributed by atoms with Gasteiger partial charge in [0.15, 0.2) is 14.4 Å². The highest BCUT2D eigenvalue weighted by atomic mass is 79.9. The first-order valence-electron chi connectivity index (χ1n) is 4.32. The summed E-state index contributed by atoms with van der Waals surface area (Å²) in [4.78, 5) is 0. The minimum Gasteiger partial charge on any atom is -0.382 e. The number of hydrogen-bond donors (Lipinski definition) is 1. The van der Waals surface area contributed by atoms with E-state index in [1.807, 2.05) is 0 Å². The molecule has 1 fully saturated rings. The van der Waals surface area contributed by atoms with Crippen LogP contribution in [-0.4, -0.2) is 40.0 Å². The van der Waals surface area contributed by atoms with Crippen molar-refractivity contribution < 1.29 is 13.5 Å². The molecule has 6 nitrogen and oxygen atoms in total. The average molecular weight is 296 g/mol. The molecule has 1 saturated heterocycles. The quantitative estimate of drug-likeness (QED) is 0.761. The molecule has 1 aliphatic rings. The predicted molar refractivity (Wildman–Crippen MR) is 55.9 cm³/mol. The zero-order valence-electron chi connectivity index (χ0n) is 8.01. The highest BCUT2D eigenvalue weighted by Crippen LogP contribution is 2.35. The summed E-state index contributed by atoms with van der Waals surface area (Å²) in [5.74, 6) is -0.263. The lowest BCUT2D eigenvalue weighted by Gasteiger charge is -2.20. The summed E-state index contributed by atoms with van der Waals surface area (Å²) in [5.41, 5.74) is -0.945. The second kappa shape index (κ2) is 3.26. The number of aryl methyl sites for hydroxylation is 1. The van der Waals surface area contributed by atoms with Crippen LogP contribution in [0.4, 0.5) is 0 Å². The zero-order valence-corrected chi connectivity index (χ0v) is 10.4. The molecule has 0 radical (unpaired) electrons. The van der Waals surface area contributed by atoms with Crippen LogP contribution in [0, 0.1) is 0 Å². The summed E-state index contributed by atoms with van der Waals surface area (Å²) in [6, 6.07) is 0. The third-order valence-corrected chi connectivity index (χ3v) is 4.79. The molecule has 2 heterocycles. The van der Waals surface area contributed by atoms with Gasteiger partial charge in [0.1, 0.15) is 11.3 Å². The molecule has 1 aromatic heterocycles. The number of rotatable bonds is 1. The van der Waals surface area contributed by atoms with Crippen molar-refractivity contribution in [2.75, 3.05) is 11.5 Å². The number of aliphatic hydroxyl groups is 1. The molecule has 0 bridgehead atoms. The molecular weight excluding hydrogens is 286 g/mol. The Labute approximate surface area is 95.3 Å². The van der Waals surface area contributed by atoms with E-state index in [1.165, 1.54) is 4.68 Å². The van der Waals surface area contributed by atoms with Crippen molar-refractivity contribution in [1.29, 1.82) is 0 Å². The van der Waals surface area contributed by atoms with Crippen molar-refractivity contribution in [3.63, 3.8) is 0 Å². The summed E-state index contributed by atoms with van der Waals surface area (Å²) in [6.07, 6.45) is 0.190. The molecule has 1 N–H and O–H groups in total. The second-order valence-corrected chi connectivity index (χ2v) is 6.66. The number of halogens is 1. The summed E-state index contributed by atoms with van der Waals surface area (Å²) in [7, 11) is -1.53. The van der Waals surface area contributed by atoms with E-state index < -0.39 is 15.4 Å². The van der Waals surface area contributed by atoms with E-state index in [4.69, 9.17) is 0 Å². The maximum atomic E-state index is 11.3. The first kappa shape index (κ1) is 11.0. The maximum absolute atomic E-state index is 11.3. The summed E-state index contributed by atoms with van der Waals surface area (Å²) >= 11 is 3.15. The molecule has 84 valence electrons. The van der Waals surface area contributed by atoms with E-state index in [2.05, 4.69) is 26.2 Å². The highest BCUT2D eigenvalue weighted by Gasteiger charge is 2.45. The van der Waals surface area contributed by atoms with Gasteiger partial charge in [0.2, 0.25) is 0 Å². The monoisotopic (exact) mass is 295 g/mol. The second-order valence-electron chi connectivity index (χ2n) is 3.73. The van der Waals surface area contributed by atoms with Crippen molar-refractivity contribution in [1.82, 2.24) is 15.0 Å². The Kier molecular flexibility index (Phi) is 2.40. The third-order valence-electron chi connectivity index (χ3n) is 2.51. The lowest BCUT2D eigenvalue weighted by Crippen LogP contribution is -2.30. The lowest BCUT2D eigenvalue weighted by molar-refractivity contribution is 0.0557. The molecule has 1 aliphatic heterocycles. The van der Waals surface area contributed by atoms with Crippen LogP contribution in [-0.2, 0) is 22.5 Å². The Bertz CT molecular complexity index is 478. The lowest BCUT2D eigenvalue weighted by atomic mass is 10.00. The smallest absolute Gasteiger partial charge is 0.154 e. The highest BCUT2D eigenvalue weighted by molar-refractivity contribution is 9.10. The van der Waals surface area contributed by atoms with Crippen LogP contribution in [0.15, 0.2) is 4.60 Å². The summed E-state index contributed by atoms with van der Waals surface area (Å²) in [5, 5.41) is 17.7. The molecule has 8 heteroatoms. The van der Waals surface area contributed by atoms with Gasteiger partial charge in [0.05, 0.1) is 11.5 Å². The van der Waals surface area contributed by atoms with Crippen molar-refractivity contribution >= 4 is 25.8 Å². The maximum Gasteiger partial charge on any atom is 0.154 e. The van der Waals surface area contributed by atoms with E-state index in [0.717, 1.165) is 0 Å². The average Bonchev–Trinajstić information content (AvgIpc) is 2.55. The van der Waals surface area contributed by atoms with Crippen LogP contribution in [0.25, 0.3) is 0 Å². The van der Waals surface area contributed by atoms with Gasteiger partial charge in [-0.15, -0.1) is 5.10 Å². The Balaban J connectivity index is 2.48. The third kappa shape index (κ3) is 1.81. The van der Waals surface area contributed by atoms with Gasteiger partial charge in [-0.1, -0.05) is 5.21 Å². The Hall–Kier alpha value is -0.470. The van der Waals surface area contributed by atoms with Gasteiger partial charge in [-0.05, 0) is 22.4 Å².